The lowest BCUT2D eigenvalue weighted by Gasteiger charge is -2.17. The number of hydrogen-bond acceptors (Lipinski definition) is 3. The number of carbonyl (C=O) groups excluding carboxylic acids is 1. The molecule has 0 radical (unpaired) electrons. The van der Waals surface area contributed by atoms with Crippen molar-refractivity contribution >= 4 is 5.91 Å². The second-order valence-electron chi connectivity index (χ2n) is 6.78. The predicted molar refractivity (Wildman–Crippen MR) is 95.9 cm³/mol. The average molecular weight is 337 g/mol. The summed E-state index contributed by atoms with van der Waals surface area (Å²) >= 11 is 0. The van der Waals surface area contributed by atoms with Crippen LogP contribution in [0.3, 0.4) is 0 Å². The van der Waals surface area contributed by atoms with Gasteiger partial charge in [0.1, 0.15) is 0 Å². The van der Waals surface area contributed by atoms with E-state index in [1.54, 1.807) is 0 Å². The monoisotopic (exact) mass is 337 g/mol. The maximum atomic E-state index is 12.5. The van der Waals surface area contributed by atoms with Crippen molar-refractivity contribution in [2.45, 2.75) is 31.6 Å². The fourth-order valence-corrected chi connectivity index (χ4v) is 3.67. The van der Waals surface area contributed by atoms with Gasteiger partial charge in [-0.05, 0) is 42.5 Å². The molecule has 0 N–H and O–H groups in total. The maximum absolute atomic E-state index is 12.5. The molecule has 0 bridgehead atoms. The molecule has 2 aromatic carbocycles. The molecular weight excluding hydrogens is 314 g/mol. The Morgan fingerprint density at radius 2 is 1.92 bits per heavy atom. The maximum Gasteiger partial charge on any atom is 0.231 e. The first-order valence-electron chi connectivity index (χ1n) is 9.01. The quantitative estimate of drug-likeness (QED) is 0.834. The highest BCUT2D eigenvalue weighted by Gasteiger charge is 2.28. The molecule has 130 valence electrons. The molecule has 4 heteroatoms. The minimum Gasteiger partial charge on any atom is -0.454 e. The van der Waals surface area contributed by atoms with Gasteiger partial charge in [-0.1, -0.05) is 36.4 Å². The Balaban J connectivity index is 1.29. The largest absolute Gasteiger partial charge is 0.454 e. The standard InChI is InChI=1S/C21H23NO3/c23-21(8-4-7-16-5-2-1-3-6-16)22-12-11-18(14-22)17-9-10-19-20(13-17)25-15-24-19/h1-3,5-6,9-10,13,18H,4,7-8,11-12,14-15H2. The van der Waals surface area contributed by atoms with Crippen molar-refractivity contribution in [3.05, 3.63) is 59.7 Å². The molecule has 0 spiro atoms. The zero-order chi connectivity index (χ0) is 17.1. The summed E-state index contributed by atoms with van der Waals surface area (Å²) in [6, 6.07) is 16.5. The third-order valence-corrected chi connectivity index (χ3v) is 5.11. The van der Waals surface area contributed by atoms with E-state index in [1.165, 1.54) is 11.1 Å². The Labute approximate surface area is 148 Å². The lowest BCUT2D eigenvalue weighted by atomic mass is 9.98. The van der Waals surface area contributed by atoms with Crippen LogP contribution in [0.2, 0.25) is 0 Å². The van der Waals surface area contributed by atoms with Crippen LogP contribution in [-0.4, -0.2) is 30.7 Å². The Morgan fingerprint density at radius 3 is 2.80 bits per heavy atom. The van der Waals surface area contributed by atoms with Gasteiger partial charge in [0, 0.05) is 25.4 Å². The van der Waals surface area contributed by atoms with Crippen LogP contribution >= 0.6 is 0 Å². The summed E-state index contributed by atoms with van der Waals surface area (Å²) in [6.45, 7) is 1.96. The molecule has 1 atom stereocenters. The summed E-state index contributed by atoms with van der Waals surface area (Å²) in [6.07, 6.45) is 3.52. The number of benzene rings is 2. The number of hydrogen-bond donors (Lipinski definition) is 0. The van der Waals surface area contributed by atoms with Gasteiger partial charge in [0.25, 0.3) is 0 Å². The van der Waals surface area contributed by atoms with E-state index < -0.39 is 0 Å². The summed E-state index contributed by atoms with van der Waals surface area (Å²) in [5.41, 5.74) is 2.54. The number of carbonyl (C=O) groups is 1. The Hall–Kier alpha value is -2.49. The third-order valence-electron chi connectivity index (χ3n) is 5.11. The molecule has 1 saturated heterocycles. The van der Waals surface area contributed by atoms with E-state index in [0.717, 1.165) is 43.9 Å². The second-order valence-corrected chi connectivity index (χ2v) is 6.78. The van der Waals surface area contributed by atoms with Crippen LogP contribution in [0.5, 0.6) is 11.5 Å². The first-order valence-corrected chi connectivity index (χ1v) is 9.01. The molecule has 2 aromatic rings. The number of rotatable bonds is 5. The van der Waals surface area contributed by atoms with Crippen LogP contribution in [-0.2, 0) is 11.2 Å². The van der Waals surface area contributed by atoms with Crippen molar-refractivity contribution in [2.24, 2.45) is 0 Å². The van der Waals surface area contributed by atoms with Gasteiger partial charge >= 0.3 is 0 Å². The Bertz CT molecular complexity index is 744. The van der Waals surface area contributed by atoms with Crippen LogP contribution in [0, 0.1) is 0 Å². The minimum absolute atomic E-state index is 0.277. The Kier molecular flexibility index (Phi) is 4.59. The molecule has 4 rings (SSSR count). The van der Waals surface area contributed by atoms with Gasteiger partial charge in [-0.25, -0.2) is 0 Å². The van der Waals surface area contributed by atoms with E-state index in [9.17, 15) is 4.79 Å². The summed E-state index contributed by atoms with van der Waals surface area (Å²) in [7, 11) is 0. The second kappa shape index (κ2) is 7.18. The van der Waals surface area contributed by atoms with Crippen LogP contribution in [0.15, 0.2) is 48.5 Å². The van der Waals surface area contributed by atoms with Crippen molar-refractivity contribution in [2.75, 3.05) is 19.9 Å². The van der Waals surface area contributed by atoms with Gasteiger partial charge in [0.15, 0.2) is 11.5 Å². The molecular formula is C21H23NO3. The van der Waals surface area contributed by atoms with Crippen molar-refractivity contribution < 1.29 is 14.3 Å². The lowest BCUT2D eigenvalue weighted by Crippen LogP contribution is -2.28. The molecule has 0 saturated carbocycles. The molecule has 0 aliphatic carbocycles. The highest BCUT2D eigenvalue weighted by molar-refractivity contribution is 5.76. The molecule has 1 fully saturated rings. The highest BCUT2D eigenvalue weighted by Crippen LogP contribution is 2.37. The van der Waals surface area contributed by atoms with Crippen LogP contribution < -0.4 is 9.47 Å². The zero-order valence-electron chi connectivity index (χ0n) is 14.3. The van der Waals surface area contributed by atoms with Crippen molar-refractivity contribution in [3.63, 3.8) is 0 Å². The predicted octanol–water partition coefficient (Wildman–Crippen LogP) is 3.75. The molecule has 1 unspecified atom stereocenters. The van der Waals surface area contributed by atoms with E-state index in [1.807, 2.05) is 29.2 Å². The molecule has 25 heavy (non-hydrogen) atoms. The number of aryl methyl sites for hydroxylation is 1. The summed E-state index contributed by atoms with van der Waals surface area (Å²) in [4.78, 5) is 14.5. The minimum atomic E-state index is 0.277. The smallest absolute Gasteiger partial charge is 0.231 e. The SMILES string of the molecule is O=C(CCCc1ccccc1)N1CCC(c2ccc3c(c2)OCO3)C1. The molecule has 0 aromatic heterocycles. The summed E-state index contributed by atoms with van der Waals surface area (Å²) in [5, 5.41) is 0. The number of amides is 1. The van der Waals surface area contributed by atoms with Crippen LogP contribution in [0.1, 0.15) is 36.3 Å². The van der Waals surface area contributed by atoms with E-state index in [4.69, 9.17) is 9.47 Å². The van der Waals surface area contributed by atoms with Gasteiger partial charge < -0.3 is 14.4 Å². The molecule has 1 amide bonds. The highest BCUT2D eigenvalue weighted by atomic mass is 16.7. The fraction of sp³-hybridized carbons (Fsp3) is 0.381. The summed E-state index contributed by atoms with van der Waals surface area (Å²) < 4.78 is 10.8. The average Bonchev–Trinajstić information content (AvgIpc) is 3.31. The number of nitrogens with zero attached hydrogens (tertiary/aromatic N) is 1. The van der Waals surface area contributed by atoms with E-state index in [2.05, 4.69) is 24.3 Å². The third kappa shape index (κ3) is 3.63. The molecule has 2 aliphatic heterocycles. The fourth-order valence-electron chi connectivity index (χ4n) is 3.67. The number of ether oxygens (including phenoxy) is 2. The summed E-state index contributed by atoms with van der Waals surface area (Å²) in [5.74, 6) is 2.31. The molecule has 4 nitrogen and oxygen atoms in total. The van der Waals surface area contributed by atoms with Gasteiger partial charge in [0.05, 0.1) is 0 Å². The van der Waals surface area contributed by atoms with E-state index >= 15 is 0 Å². The number of fused-ring (bicyclic) bond motifs is 1. The molecule has 2 aliphatic rings. The van der Waals surface area contributed by atoms with Crippen molar-refractivity contribution in [1.82, 2.24) is 4.90 Å². The van der Waals surface area contributed by atoms with Crippen molar-refractivity contribution in [3.8, 4) is 11.5 Å². The van der Waals surface area contributed by atoms with E-state index in [-0.39, 0.29) is 5.91 Å². The van der Waals surface area contributed by atoms with Gasteiger partial charge in [-0.15, -0.1) is 0 Å². The molecule has 2 heterocycles. The van der Waals surface area contributed by atoms with E-state index in [0.29, 0.717) is 19.1 Å². The van der Waals surface area contributed by atoms with Gasteiger partial charge in [-0.2, -0.15) is 0 Å². The normalized spacial score (nSPS) is 18.6. The van der Waals surface area contributed by atoms with Gasteiger partial charge in [-0.3, -0.25) is 4.79 Å². The topological polar surface area (TPSA) is 38.8 Å². The Morgan fingerprint density at radius 1 is 1.08 bits per heavy atom. The number of likely N-dealkylation sites (tertiary alicyclic amines) is 1. The van der Waals surface area contributed by atoms with Crippen molar-refractivity contribution in [1.29, 1.82) is 0 Å². The first kappa shape index (κ1) is 16.0. The first-order chi connectivity index (χ1) is 12.3. The van der Waals surface area contributed by atoms with Gasteiger partial charge in [0.2, 0.25) is 12.7 Å². The van der Waals surface area contributed by atoms with Crippen LogP contribution in [0.4, 0.5) is 0 Å². The zero-order valence-corrected chi connectivity index (χ0v) is 14.3. The van der Waals surface area contributed by atoms with Crippen LogP contribution in [0.25, 0.3) is 0 Å². The lowest BCUT2D eigenvalue weighted by molar-refractivity contribution is -0.130.